The molecule has 0 fully saturated rings. The van der Waals surface area contributed by atoms with Crippen molar-refractivity contribution in [1.82, 2.24) is 5.43 Å². The largest absolute Gasteiger partial charge is 0.504 e. The topological polar surface area (TPSA) is 121 Å². The predicted octanol–water partition coefficient (Wildman–Crippen LogP) is 3.08. The number of hydrogen-bond donors (Lipinski definition) is 3. The normalized spacial score (nSPS) is 12.2. The number of aryl methyl sites for hydroxylation is 1. The summed E-state index contributed by atoms with van der Waals surface area (Å²) in [6.07, 6.45) is 0.362. The molecule has 8 nitrogen and oxygen atoms in total. The Labute approximate surface area is 170 Å². The Morgan fingerprint density at radius 3 is 2.76 bits per heavy atom. The van der Waals surface area contributed by atoms with Gasteiger partial charge in [-0.25, -0.2) is 10.2 Å². The molecule has 29 heavy (non-hydrogen) atoms. The maximum Gasteiger partial charge on any atom is 0.336 e. The van der Waals surface area contributed by atoms with Gasteiger partial charge in [0.15, 0.2) is 17.6 Å². The van der Waals surface area contributed by atoms with Crippen molar-refractivity contribution in [3.63, 3.8) is 0 Å². The molecule has 0 saturated heterocycles. The summed E-state index contributed by atoms with van der Waals surface area (Å²) in [5.41, 5.74) is 3.36. The highest BCUT2D eigenvalue weighted by atomic mass is 35.5. The van der Waals surface area contributed by atoms with Crippen LogP contribution in [0.25, 0.3) is 11.0 Å². The van der Waals surface area contributed by atoms with Crippen LogP contribution >= 0.6 is 11.6 Å². The zero-order chi connectivity index (χ0) is 21.1. The van der Waals surface area contributed by atoms with Crippen molar-refractivity contribution in [2.24, 2.45) is 5.10 Å². The highest BCUT2D eigenvalue weighted by molar-refractivity contribution is 6.32. The second-order valence-corrected chi connectivity index (χ2v) is 6.68. The van der Waals surface area contributed by atoms with Crippen molar-refractivity contribution in [3.05, 3.63) is 63.0 Å². The summed E-state index contributed by atoms with van der Waals surface area (Å²) in [4.78, 5) is 23.7. The lowest BCUT2D eigenvalue weighted by atomic mass is 10.1. The zero-order valence-electron chi connectivity index (χ0n) is 15.5. The molecule has 3 aromatic rings. The van der Waals surface area contributed by atoms with Crippen LogP contribution in [0.5, 0.6) is 17.2 Å². The van der Waals surface area contributed by atoms with Gasteiger partial charge in [-0.1, -0.05) is 11.6 Å². The van der Waals surface area contributed by atoms with Crippen LogP contribution in [0, 0.1) is 6.92 Å². The summed E-state index contributed by atoms with van der Waals surface area (Å²) in [7, 11) is 0. The number of carbonyl (C=O) groups excluding carboxylic acids is 1. The number of ether oxygens (including phenoxy) is 1. The number of nitrogens with zero attached hydrogens (tertiary/aromatic N) is 1. The molecule has 0 aliphatic heterocycles. The Hall–Kier alpha value is -3.52. The lowest BCUT2D eigenvalue weighted by molar-refractivity contribution is -0.127. The van der Waals surface area contributed by atoms with Gasteiger partial charge in [-0.05, 0) is 49.2 Å². The van der Waals surface area contributed by atoms with Gasteiger partial charge in [-0.2, -0.15) is 5.10 Å². The van der Waals surface area contributed by atoms with Gasteiger partial charge in [-0.15, -0.1) is 0 Å². The molecule has 150 valence electrons. The number of fused-ring (bicyclic) bond motifs is 1. The maximum atomic E-state index is 12.2. The average molecular weight is 417 g/mol. The van der Waals surface area contributed by atoms with Gasteiger partial charge < -0.3 is 19.4 Å². The fourth-order valence-electron chi connectivity index (χ4n) is 2.58. The van der Waals surface area contributed by atoms with E-state index in [-0.39, 0.29) is 5.02 Å². The number of hydrazone groups is 1. The van der Waals surface area contributed by atoms with Crippen molar-refractivity contribution >= 4 is 34.7 Å². The van der Waals surface area contributed by atoms with Crippen molar-refractivity contribution < 1.29 is 24.2 Å². The van der Waals surface area contributed by atoms with E-state index in [1.807, 2.05) is 0 Å². The fraction of sp³-hybridized carbons (Fsp3) is 0.150. The number of phenols is 2. The van der Waals surface area contributed by atoms with Crippen LogP contribution in [-0.4, -0.2) is 28.4 Å². The molecule has 1 heterocycles. The number of hydrogen-bond acceptors (Lipinski definition) is 7. The second kappa shape index (κ2) is 8.24. The van der Waals surface area contributed by atoms with Crippen LogP contribution in [0.15, 0.2) is 50.7 Å². The van der Waals surface area contributed by atoms with E-state index in [4.69, 9.17) is 20.8 Å². The van der Waals surface area contributed by atoms with E-state index < -0.39 is 29.1 Å². The standard InChI is InChI=1S/C20H17ClN2O6/c1-10-5-18(25)29-17-8-13(3-4-14(10)17)28-11(2)20(27)23-22-9-12-6-15(21)19(26)16(24)7-12/h3-9,11,24,26H,1-2H3,(H,23,27)/b22-9+/t11-/m1/s1. The summed E-state index contributed by atoms with van der Waals surface area (Å²) in [5, 5.41) is 23.4. The second-order valence-electron chi connectivity index (χ2n) is 6.27. The Kier molecular flexibility index (Phi) is 5.74. The predicted molar refractivity (Wildman–Crippen MR) is 108 cm³/mol. The summed E-state index contributed by atoms with van der Waals surface area (Å²) in [5.74, 6) is -1.01. The number of rotatable bonds is 5. The third kappa shape index (κ3) is 4.67. The Morgan fingerprint density at radius 1 is 1.28 bits per heavy atom. The molecule has 0 radical (unpaired) electrons. The highest BCUT2D eigenvalue weighted by Crippen LogP contribution is 2.33. The smallest absolute Gasteiger partial charge is 0.336 e. The van der Waals surface area contributed by atoms with E-state index in [0.29, 0.717) is 16.9 Å². The fourth-order valence-corrected chi connectivity index (χ4v) is 2.80. The van der Waals surface area contributed by atoms with Gasteiger partial charge in [0.1, 0.15) is 11.3 Å². The maximum absolute atomic E-state index is 12.2. The Morgan fingerprint density at radius 2 is 2.03 bits per heavy atom. The highest BCUT2D eigenvalue weighted by Gasteiger charge is 2.15. The molecule has 3 rings (SSSR count). The first-order chi connectivity index (χ1) is 13.7. The molecule has 9 heteroatoms. The van der Waals surface area contributed by atoms with Gasteiger partial charge in [0.05, 0.1) is 11.2 Å². The average Bonchev–Trinajstić information content (AvgIpc) is 2.65. The van der Waals surface area contributed by atoms with E-state index in [9.17, 15) is 19.8 Å². The van der Waals surface area contributed by atoms with Crippen molar-refractivity contribution in [3.8, 4) is 17.2 Å². The third-order valence-corrected chi connectivity index (χ3v) is 4.35. The van der Waals surface area contributed by atoms with E-state index in [0.717, 1.165) is 10.9 Å². The van der Waals surface area contributed by atoms with Gasteiger partial charge >= 0.3 is 5.63 Å². The summed E-state index contributed by atoms with van der Waals surface area (Å²) in [6, 6.07) is 8.96. The summed E-state index contributed by atoms with van der Waals surface area (Å²) in [6.45, 7) is 3.33. The molecule has 0 spiro atoms. The first-order valence-corrected chi connectivity index (χ1v) is 8.88. The zero-order valence-corrected chi connectivity index (χ0v) is 16.2. The number of carbonyl (C=O) groups is 1. The van der Waals surface area contributed by atoms with E-state index in [1.165, 1.54) is 37.4 Å². The third-order valence-electron chi connectivity index (χ3n) is 4.06. The molecule has 1 aromatic heterocycles. The minimum Gasteiger partial charge on any atom is -0.504 e. The number of nitrogens with one attached hydrogen (secondary N) is 1. The Balaban J connectivity index is 1.66. The molecular weight excluding hydrogens is 400 g/mol. The minimum atomic E-state index is -0.891. The molecular formula is C20H17ClN2O6. The Bertz CT molecular complexity index is 1150. The van der Waals surface area contributed by atoms with Crippen LogP contribution in [0.2, 0.25) is 5.02 Å². The first-order valence-electron chi connectivity index (χ1n) is 8.50. The molecule has 0 saturated carbocycles. The number of amides is 1. The van der Waals surface area contributed by atoms with Gasteiger partial charge in [0.2, 0.25) is 0 Å². The molecule has 2 aromatic carbocycles. The monoisotopic (exact) mass is 416 g/mol. The molecule has 0 unspecified atom stereocenters. The van der Waals surface area contributed by atoms with Crippen LogP contribution in [0.1, 0.15) is 18.1 Å². The molecule has 0 bridgehead atoms. The van der Waals surface area contributed by atoms with Crippen LogP contribution in [-0.2, 0) is 4.79 Å². The molecule has 1 atom stereocenters. The van der Waals surface area contributed by atoms with Crippen molar-refractivity contribution in [1.29, 1.82) is 0 Å². The summed E-state index contributed by atoms with van der Waals surface area (Å²) < 4.78 is 10.7. The SMILES string of the molecule is Cc1cc(=O)oc2cc(O[C@H](C)C(=O)N/N=C/c3cc(O)c(O)c(Cl)c3)ccc12. The number of aromatic hydroxyl groups is 2. The quantitative estimate of drug-likeness (QED) is 0.254. The van der Waals surface area contributed by atoms with Gasteiger partial charge in [-0.3, -0.25) is 4.79 Å². The number of halogens is 1. The lowest BCUT2D eigenvalue weighted by Crippen LogP contribution is -2.33. The molecule has 3 N–H and O–H groups in total. The number of phenolic OH excluding ortho intramolecular Hbond substituents is 2. The van der Waals surface area contributed by atoms with Gasteiger partial charge in [0, 0.05) is 17.5 Å². The minimum absolute atomic E-state index is 0.0485. The molecule has 1 amide bonds. The van der Waals surface area contributed by atoms with Crippen LogP contribution in [0.4, 0.5) is 0 Å². The molecule has 0 aliphatic rings. The van der Waals surface area contributed by atoms with Crippen molar-refractivity contribution in [2.75, 3.05) is 0 Å². The van der Waals surface area contributed by atoms with E-state index in [1.54, 1.807) is 19.1 Å². The van der Waals surface area contributed by atoms with E-state index in [2.05, 4.69) is 10.5 Å². The number of benzene rings is 2. The summed E-state index contributed by atoms with van der Waals surface area (Å²) >= 11 is 5.76. The lowest BCUT2D eigenvalue weighted by Gasteiger charge is -2.13. The van der Waals surface area contributed by atoms with Gasteiger partial charge in [0.25, 0.3) is 5.91 Å². The van der Waals surface area contributed by atoms with Crippen LogP contribution in [0.3, 0.4) is 0 Å². The first kappa shape index (κ1) is 20.2. The van der Waals surface area contributed by atoms with Crippen LogP contribution < -0.4 is 15.8 Å². The van der Waals surface area contributed by atoms with E-state index >= 15 is 0 Å². The van der Waals surface area contributed by atoms with Crippen molar-refractivity contribution in [2.45, 2.75) is 20.0 Å². The molecule has 0 aliphatic carbocycles.